The third kappa shape index (κ3) is 1.91. The van der Waals surface area contributed by atoms with Crippen LogP contribution in [-0.2, 0) is 11.8 Å². The zero-order valence-electron chi connectivity index (χ0n) is 10.1. The van der Waals surface area contributed by atoms with Crippen molar-refractivity contribution in [1.82, 2.24) is 19.7 Å². The van der Waals surface area contributed by atoms with Gasteiger partial charge in [-0.05, 0) is 6.42 Å². The Labute approximate surface area is 104 Å². The van der Waals surface area contributed by atoms with E-state index in [2.05, 4.69) is 15.1 Å². The standard InChI is InChI=1S/C11H15N5O2/c1-16-4-3-13-10(16)9-14-11(18-15-9)7-6-17-5-2-8(7)12/h3-4,7-8H,2,5-6,12H2,1H3. The van der Waals surface area contributed by atoms with Crippen molar-refractivity contribution in [3.63, 3.8) is 0 Å². The summed E-state index contributed by atoms with van der Waals surface area (Å²) in [4.78, 5) is 8.55. The number of imidazole rings is 1. The second-order valence-corrected chi connectivity index (χ2v) is 4.45. The largest absolute Gasteiger partial charge is 0.381 e. The first-order chi connectivity index (χ1) is 8.75. The highest BCUT2D eigenvalue weighted by Crippen LogP contribution is 2.24. The molecule has 0 amide bonds. The van der Waals surface area contributed by atoms with E-state index < -0.39 is 0 Å². The Morgan fingerprint density at radius 2 is 2.39 bits per heavy atom. The summed E-state index contributed by atoms with van der Waals surface area (Å²) < 4.78 is 12.5. The van der Waals surface area contributed by atoms with Crippen LogP contribution in [-0.4, -0.2) is 38.9 Å². The summed E-state index contributed by atoms with van der Waals surface area (Å²) in [6.45, 7) is 1.22. The normalized spacial score (nSPS) is 24.3. The lowest BCUT2D eigenvalue weighted by Gasteiger charge is -2.25. The van der Waals surface area contributed by atoms with Crippen molar-refractivity contribution >= 4 is 0 Å². The quantitative estimate of drug-likeness (QED) is 0.823. The van der Waals surface area contributed by atoms with Gasteiger partial charge in [-0.1, -0.05) is 5.16 Å². The molecule has 7 heteroatoms. The van der Waals surface area contributed by atoms with E-state index >= 15 is 0 Å². The molecule has 0 aromatic carbocycles. The van der Waals surface area contributed by atoms with Crippen LogP contribution < -0.4 is 5.73 Å². The third-order valence-electron chi connectivity index (χ3n) is 3.19. The molecule has 0 saturated carbocycles. The second-order valence-electron chi connectivity index (χ2n) is 4.45. The molecule has 1 fully saturated rings. The van der Waals surface area contributed by atoms with Crippen molar-refractivity contribution in [2.45, 2.75) is 18.4 Å². The molecule has 0 spiro atoms. The molecule has 1 aliphatic heterocycles. The van der Waals surface area contributed by atoms with Crippen molar-refractivity contribution in [2.75, 3.05) is 13.2 Å². The zero-order valence-corrected chi connectivity index (χ0v) is 10.1. The minimum absolute atomic E-state index is 0.00780. The molecular formula is C11H15N5O2. The Kier molecular flexibility index (Phi) is 2.85. The fourth-order valence-electron chi connectivity index (χ4n) is 2.07. The van der Waals surface area contributed by atoms with E-state index in [0.717, 1.165) is 6.42 Å². The van der Waals surface area contributed by atoms with Crippen molar-refractivity contribution < 1.29 is 9.26 Å². The fraction of sp³-hybridized carbons (Fsp3) is 0.545. The molecule has 3 rings (SSSR count). The van der Waals surface area contributed by atoms with Gasteiger partial charge < -0.3 is 19.6 Å². The van der Waals surface area contributed by atoms with Gasteiger partial charge in [0.2, 0.25) is 11.7 Å². The molecule has 2 unspecified atom stereocenters. The topological polar surface area (TPSA) is 92.0 Å². The Morgan fingerprint density at radius 3 is 3.11 bits per heavy atom. The van der Waals surface area contributed by atoms with Crippen molar-refractivity contribution in [2.24, 2.45) is 12.8 Å². The number of rotatable bonds is 2. The van der Waals surface area contributed by atoms with E-state index in [1.54, 1.807) is 6.20 Å². The van der Waals surface area contributed by atoms with Crippen LogP contribution in [0.25, 0.3) is 11.6 Å². The van der Waals surface area contributed by atoms with Crippen LogP contribution in [0.2, 0.25) is 0 Å². The van der Waals surface area contributed by atoms with Crippen LogP contribution in [0, 0.1) is 0 Å². The first kappa shape index (κ1) is 11.4. The lowest BCUT2D eigenvalue weighted by atomic mass is 9.97. The molecule has 18 heavy (non-hydrogen) atoms. The van der Waals surface area contributed by atoms with Gasteiger partial charge in [0.25, 0.3) is 0 Å². The maximum atomic E-state index is 6.04. The second kappa shape index (κ2) is 4.51. The lowest BCUT2D eigenvalue weighted by Crippen LogP contribution is -2.37. The summed E-state index contributed by atoms with van der Waals surface area (Å²) in [6, 6.07) is 0.00780. The molecular weight excluding hydrogens is 234 g/mol. The Bertz CT molecular complexity index is 535. The van der Waals surface area contributed by atoms with Gasteiger partial charge in [-0.2, -0.15) is 4.98 Å². The monoisotopic (exact) mass is 249 g/mol. The predicted octanol–water partition coefficient (Wildman–Crippen LogP) is 0.301. The minimum Gasteiger partial charge on any atom is -0.381 e. The number of aryl methyl sites for hydroxylation is 1. The maximum absolute atomic E-state index is 6.04. The van der Waals surface area contributed by atoms with Crippen LogP contribution in [0.15, 0.2) is 16.9 Å². The molecule has 2 aromatic heterocycles. The number of nitrogens with zero attached hydrogens (tertiary/aromatic N) is 4. The molecule has 2 atom stereocenters. The van der Waals surface area contributed by atoms with Crippen molar-refractivity contribution in [1.29, 1.82) is 0 Å². The number of hydrogen-bond acceptors (Lipinski definition) is 6. The Balaban J connectivity index is 1.87. The highest BCUT2D eigenvalue weighted by atomic mass is 16.5. The number of ether oxygens (including phenoxy) is 1. The van der Waals surface area contributed by atoms with E-state index in [0.29, 0.717) is 30.8 Å². The number of hydrogen-bond donors (Lipinski definition) is 1. The molecule has 0 aliphatic carbocycles. The first-order valence-corrected chi connectivity index (χ1v) is 5.90. The molecule has 1 aliphatic rings. The zero-order chi connectivity index (χ0) is 12.5. The average molecular weight is 249 g/mol. The van der Waals surface area contributed by atoms with Gasteiger partial charge in [0.15, 0.2) is 5.82 Å². The highest BCUT2D eigenvalue weighted by molar-refractivity contribution is 5.42. The van der Waals surface area contributed by atoms with Gasteiger partial charge in [0, 0.05) is 32.1 Å². The number of nitrogens with two attached hydrogens (primary N) is 1. The number of aromatic nitrogens is 4. The lowest BCUT2D eigenvalue weighted by molar-refractivity contribution is 0.0590. The summed E-state index contributed by atoms with van der Waals surface area (Å²) in [6.07, 6.45) is 4.34. The van der Waals surface area contributed by atoms with Crippen molar-refractivity contribution in [3.8, 4) is 11.6 Å². The molecule has 3 heterocycles. The van der Waals surface area contributed by atoms with Crippen LogP contribution in [0.5, 0.6) is 0 Å². The molecule has 1 saturated heterocycles. The van der Waals surface area contributed by atoms with Crippen LogP contribution in [0.1, 0.15) is 18.2 Å². The Hall–Kier alpha value is -1.73. The van der Waals surface area contributed by atoms with Gasteiger partial charge in [0.1, 0.15) is 0 Å². The predicted molar refractivity (Wildman–Crippen MR) is 62.7 cm³/mol. The summed E-state index contributed by atoms with van der Waals surface area (Å²) in [5, 5.41) is 3.95. The molecule has 2 N–H and O–H groups in total. The molecule has 2 aromatic rings. The van der Waals surface area contributed by atoms with Gasteiger partial charge in [-0.25, -0.2) is 4.98 Å². The van der Waals surface area contributed by atoms with Gasteiger partial charge in [-0.3, -0.25) is 0 Å². The summed E-state index contributed by atoms with van der Waals surface area (Å²) in [5.41, 5.74) is 6.04. The average Bonchev–Trinajstić information content (AvgIpc) is 2.98. The van der Waals surface area contributed by atoms with Crippen LogP contribution in [0.3, 0.4) is 0 Å². The van der Waals surface area contributed by atoms with Gasteiger partial charge >= 0.3 is 0 Å². The maximum Gasteiger partial charge on any atom is 0.238 e. The van der Waals surface area contributed by atoms with Crippen LogP contribution >= 0.6 is 0 Å². The Morgan fingerprint density at radius 1 is 1.50 bits per heavy atom. The van der Waals surface area contributed by atoms with E-state index in [-0.39, 0.29) is 12.0 Å². The molecule has 96 valence electrons. The fourth-order valence-corrected chi connectivity index (χ4v) is 2.07. The summed E-state index contributed by atoms with van der Waals surface area (Å²) in [5.74, 6) is 1.66. The van der Waals surface area contributed by atoms with Gasteiger partial charge in [-0.15, -0.1) is 0 Å². The molecule has 0 bridgehead atoms. The van der Waals surface area contributed by atoms with E-state index in [9.17, 15) is 0 Å². The van der Waals surface area contributed by atoms with E-state index in [1.807, 2.05) is 17.8 Å². The first-order valence-electron chi connectivity index (χ1n) is 5.90. The summed E-state index contributed by atoms with van der Waals surface area (Å²) >= 11 is 0. The minimum atomic E-state index is -0.0275. The van der Waals surface area contributed by atoms with Crippen LogP contribution in [0.4, 0.5) is 0 Å². The third-order valence-corrected chi connectivity index (χ3v) is 3.19. The highest BCUT2D eigenvalue weighted by Gasteiger charge is 2.29. The smallest absolute Gasteiger partial charge is 0.238 e. The SMILES string of the molecule is Cn1ccnc1-c1noc(C2COCCC2N)n1. The molecule has 0 radical (unpaired) electrons. The van der Waals surface area contributed by atoms with E-state index in [4.69, 9.17) is 15.0 Å². The van der Waals surface area contributed by atoms with Gasteiger partial charge in [0.05, 0.1) is 12.5 Å². The molecule has 7 nitrogen and oxygen atoms in total. The van der Waals surface area contributed by atoms with E-state index in [1.165, 1.54) is 0 Å². The van der Waals surface area contributed by atoms with Crippen molar-refractivity contribution in [3.05, 3.63) is 18.3 Å². The summed E-state index contributed by atoms with van der Waals surface area (Å²) in [7, 11) is 1.88.